The minimum absolute atomic E-state index is 0.0269. The third-order valence-electron chi connectivity index (χ3n) is 6.87. The van der Waals surface area contributed by atoms with E-state index in [0.717, 1.165) is 12.8 Å². The van der Waals surface area contributed by atoms with Crippen molar-refractivity contribution in [2.45, 2.75) is 71.5 Å². The van der Waals surface area contributed by atoms with E-state index >= 15 is 0 Å². The number of carbonyl (C=O) groups excluding carboxylic acids is 3. The number of Topliss-reactive ketones (excluding diaryl/α,β-unsaturated/α-hetero) is 1. The fourth-order valence-corrected chi connectivity index (χ4v) is 5.39. The second-order valence-electron chi connectivity index (χ2n) is 10.5. The zero-order chi connectivity index (χ0) is 24.4. The molecule has 2 amide bonds. The van der Waals surface area contributed by atoms with Gasteiger partial charge >= 0.3 is 0 Å². The second-order valence-corrected chi connectivity index (χ2v) is 10.5. The lowest BCUT2D eigenvalue weighted by molar-refractivity contribution is -0.157. The lowest BCUT2D eigenvalue weighted by atomic mass is 9.87. The van der Waals surface area contributed by atoms with Crippen LogP contribution in [-0.2, 0) is 27.2 Å². The molecule has 2 aromatic rings. The van der Waals surface area contributed by atoms with E-state index in [1.54, 1.807) is 23.2 Å². The molecule has 0 saturated carbocycles. The van der Waals surface area contributed by atoms with Crippen LogP contribution in [0.5, 0.6) is 0 Å². The Balaban J connectivity index is 1.73. The number of rotatable bonds is 8. The Morgan fingerprint density at radius 2 is 1.65 bits per heavy atom. The topological polar surface area (TPSA) is 79.4 Å². The lowest BCUT2D eigenvalue weighted by Crippen LogP contribution is -2.66. The van der Waals surface area contributed by atoms with E-state index in [2.05, 4.69) is 22.4 Å². The van der Waals surface area contributed by atoms with Gasteiger partial charge in [0.2, 0.25) is 11.8 Å². The first-order valence-electron chi connectivity index (χ1n) is 12.4. The molecule has 0 spiro atoms. The maximum atomic E-state index is 14.1. The first-order chi connectivity index (χ1) is 16.3. The molecule has 1 aliphatic heterocycles. The third kappa shape index (κ3) is 4.91. The number of ketones is 1. The summed E-state index contributed by atoms with van der Waals surface area (Å²) in [6.07, 6.45) is 3.93. The first-order valence-corrected chi connectivity index (χ1v) is 12.4. The molecule has 1 aromatic carbocycles. The molecule has 1 saturated heterocycles. The van der Waals surface area contributed by atoms with E-state index in [4.69, 9.17) is 0 Å². The molecule has 34 heavy (non-hydrogen) atoms. The number of piperazine rings is 1. The molecular weight excluding hydrogens is 426 g/mol. The molecule has 1 N–H and O–H groups in total. The fraction of sp³-hybridized carbons (Fsp3) is 0.500. The minimum atomic E-state index is -0.864. The summed E-state index contributed by atoms with van der Waals surface area (Å²) in [4.78, 5) is 47.2. The second kappa shape index (κ2) is 10.1. The van der Waals surface area contributed by atoms with Gasteiger partial charge in [-0.1, -0.05) is 58.0 Å². The van der Waals surface area contributed by atoms with Crippen molar-refractivity contribution in [3.05, 3.63) is 65.5 Å². The number of amides is 2. The number of pyridine rings is 1. The molecule has 4 rings (SSSR count). The van der Waals surface area contributed by atoms with Crippen molar-refractivity contribution < 1.29 is 14.4 Å². The number of hydrogen-bond donors (Lipinski definition) is 1. The quantitative estimate of drug-likeness (QED) is 0.647. The van der Waals surface area contributed by atoms with E-state index in [0.29, 0.717) is 18.5 Å². The van der Waals surface area contributed by atoms with Gasteiger partial charge in [-0.15, -0.1) is 0 Å². The zero-order valence-corrected chi connectivity index (χ0v) is 20.5. The van der Waals surface area contributed by atoms with Gasteiger partial charge in [0.05, 0.1) is 5.69 Å². The number of benzene rings is 1. The largest absolute Gasteiger partial charge is 0.342 e. The average molecular weight is 462 g/mol. The normalized spacial score (nSPS) is 21.6. The summed E-state index contributed by atoms with van der Waals surface area (Å²) >= 11 is 0. The van der Waals surface area contributed by atoms with Crippen LogP contribution in [0.4, 0.5) is 0 Å². The molecule has 3 atom stereocenters. The Kier molecular flexibility index (Phi) is 7.15. The summed E-state index contributed by atoms with van der Waals surface area (Å²) in [6, 6.07) is 11.4. The number of nitrogens with one attached hydrogen (secondary N) is 1. The Bertz CT molecular complexity index is 1020. The van der Waals surface area contributed by atoms with Gasteiger partial charge in [0.25, 0.3) is 0 Å². The maximum Gasteiger partial charge on any atom is 0.247 e. The van der Waals surface area contributed by atoms with Crippen LogP contribution in [-0.4, -0.2) is 39.6 Å². The molecule has 6 nitrogen and oxygen atoms in total. The molecule has 1 unspecified atom stereocenters. The molecule has 1 fully saturated rings. The molecule has 1 aromatic heterocycles. The monoisotopic (exact) mass is 461 g/mol. The van der Waals surface area contributed by atoms with Crippen molar-refractivity contribution >= 4 is 17.6 Å². The predicted octanol–water partition coefficient (Wildman–Crippen LogP) is 3.89. The summed E-state index contributed by atoms with van der Waals surface area (Å²) in [5, 5.41) is 3.05. The highest BCUT2D eigenvalue weighted by Crippen LogP contribution is 2.35. The standard InChI is InChI=1S/C28H35N3O3/c1-17(2)13-23-27(33)30-25(21-15-19-9-5-6-10-20(19)16-21)28(34)31(23)26(24(32)14-18(3)4)22-11-7-8-12-29-22/h5-12,17-18,21,23,25-26H,13-16H2,1-4H3,(H,30,33)/t23-,25-,26?/m1/s1. The number of fused-ring (bicyclic) bond motifs is 1. The molecule has 0 radical (unpaired) electrons. The van der Waals surface area contributed by atoms with E-state index in [-0.39, 0.29) is 35.4 Å². The van der Waals surface area contributed by atoms with Crippen molar-refractivity contribution in [2.24, 2.45) is 17.8 Å². The Labute approximate surface area is 202 Å². The third-order valence-corrected chi connectivity index (χ3v) is 6.87. The van der Waals surface area contributed by atoms with Crippen LogP contribution in [0.15, 0.2) is 48.7 Å². The summed E-state index contributed by atoms with van der Waals surface area (Å²) in [7, 11) is 0. The van der Waals surface area contributed by atoms with Crippen molar-refractivity contribution in [2.75, 3.05) is 0 Å². The summed E-state index contributed by atoms with van der Waals surface area (Å²) in [5.74, 6) is -0.123. The average Bonchev–Trinajstić information content (AvgIpc) is 3.22. The highest BCUT2D eigenvalue weighted by Gasteiger charge is 2.49. The van der Waals surface area contributed by atoms with E-state index in [9.17, 15) is 14.4 Å². The van der Waals surface area contributed by atoms with Crippen molar-refractivity contribution in [1.82, 2.24) is 15.2 Å². The van der Waals surface area contributed by atoms with Gasteiger partial charge in [0, 0.05) is 12.6 Å². The van der Waals surface area contributed by atoms with Crippen LogP contribution in [0.3, 0.4) is 0 Å². The van der Waals surface area contributed by atoms with Gasteiger partial charge in [-0.05, 0) is 60.3 Å². The Hall–Kier alpha value is -3.02. The Morgan fingerprint density at radius 1 is 1.00 bits per heavy atom. The SMILES string of the molecule is CC(C)CC(=O)C(c1ccccn1)N1C(=O)[C@@H](C2Cc3ccccc3C2)NC(=O)[C@H]1CC(C)C. The smallest absolute Gasteiger partial charge is 0.247 e. The molecule has 1 aliphatic carbocycles. The zero-order valence-electron chi connectivity index (χ0n) is 20.5. The minimum Gasteiger partial charge on any atom is -0.342 e. The van der Waals surface area contributed by atoms with Crippen LogP contribution >= 0.6 is 0 Å². The van der Waals surface area contributed by atoms with Crippen LogP contribution in [0.2, 0.25) is 0 Å². The van der Waals surface area contributed by atoms with Gasteiger partial charge in [-0.3, -0.25) is 19.4 Å². The van der Waals surface area contributed by atoms with E-state index < -0.39 is 18.1 Å². The maximum absolute atomic E-state index is 14.1. The van der Waals surface area contributed by atoms with Gasteiger partial charge in [-0.25, -0.2) is 0 Å². The van der Waals surface area contributed by atoms with Crippen LogP contribution in [0, 0.1) is 17.8 Å². The predicted molar refractivity (Wildman–Crippen MR) is 131 cm³/mol. The summed E-state index contributed by atoms with van der Waals surface area (Å²) in [5.41, 5.74) is 2.98. The van der Waals surface area contributed by atoms with Gasteiger partial charge in [0.15, 0.2) is 5.78 Å². The van der Waals surface area contributed by atoms with Crippen LogP contribution < -0.4 is 5.32 Å². The number of aromatic nitrogens is 1. The number of nitrogens with zero attached hydrogens (tertiary/aromatic N) is 2. The van der Waals surface area contributed by atoms with E-state index in [1.807, 2.05) is 45.9 Å². The molecule has 0 bridgehead atoms. The summed E-state index contributed by atoms with van der Waals surface area (Å²) in [6.45, 7) is 8.03. The molecule has 180 valence electrons. The lowest BCUT2D eigenvalue weighted by Gasteiger charge is -2.44. The highest BCUT2D eigenvalue weighted by molar-refractivity contribution is 6.00. The van der Waals surface area contributed by atoms with Gasteiger partial charge in [0.1, 0.15) is 18.1 Å². The first kappa shape index (κ1) is 24.1. The number of hydrogen-bond acceptors (Lipinski definition) is 4. The van der Waals surface area contributed by atoms with Gasteiger partial charge < -0.3 is 10.2 Å². The Morgan fingerprint density at radius 3 is 2.21 bits per heavy atom. The molecule has 2 aliphatic rings. The van der Waals surface area contributed by atoms with Crippen molar-refractivity contribution in [1.29, 1.82) is 0 Å². The number of carbonyl (C=O) groups is 3. The molecule has 6 heteroatoms. The van der Waals surface area contributed by atoms with Crippen molar-refractivity contribution in [3.8, 4) is 0 Å². The van der Waals surface area contributed by atoms with Gasteiger partial charge in [-0.2, -0.15) is 0 Å². The van der Waals surface area contributed by atoms with Crippen LogP contribution in [0.25, 0.3) is 0 Å². The summed E-state index contributed by atoms with van der Waals surface area (Å²) < 4.78 is 0. The fourth-order valence-electron chi connectivity index (χ4n) is 5.39. The molecule has 2 heterocycles. The van der Waals surface area contributed by atoms with Crippen molar-refractivity contribution in [3.63, 3.8) is 0 Å². The highest BCUT2D eigenvalue weighted by atomic mass is 16.2. The van der Waals surface area contributed by atoms with Crippen LogP contribution in [0.1, 0.15) is 63.4 Å². The van der Waals surface area contributed by atoms with E-state index in [1.165, 1.54) is 11.1 Å². The molecular formula is C28H35N3O3.